The SMILES string of the molecule is COCCOCCN1CCN(c2ncc(CNC(=O)O[C@@H]3CC[C@@H](C[C@@H](N)[C@@H]4C[C@@H](OC)[C@H](C)/C=C(\C)[C@@H](O)[C@@H](OC)C(=O)[C@H](C)C[C@H](C)/C=C/C=C/C=C(\C)[C@@H](OC)C[C@@H]5CC[C@@H](C)[C@@](O)(O5)C(=O)C(=O)N5CCCC[C@H]5C(=O)O4)C[C@H]3OC)cn2)CC1. The molecule has 0 radical (unpaired) electrons. The molecule has 23 nitrogen and oxygen atoms in total. The summed E-state index contributed by atoms with van der Waals surface area (Å²) in [5.41, 5.74) is 9.26. The summed E-state index contributed by atoms with van der Waals surface area (Å²) in [4.78, 5) is 85.9. The summed E-state index contributed by atoms with van der Waals surface area (Å²) in [7, 11) is 7.75. The van der Waals surface area contributed by atoms with E-state index >= 15 is 0 Å². The van der Waals surface area contributed by atoms with Gasteiger partial charge in [0.15, 0.2) is 5.78 Å². The van der Waals surface area contributed by atoms with E-state index in [0.29, 0.717) is 101 Å². The third-order valence-corrected chi connectivity index (χ3v) is 18.7. The van der Waals surface area contributed by atoms with E-state index in [9.17, 15) is 34.2 Å². The molecule has 4 fully saturated rings. The first-order valence-corrected chi connectivity index (χ1v) is 32.2. The van der Waals surface area contributed by atoms with Crippen LogP contribution in [-0.2, 0) is 68.4 Å². The number of Topliss-reactive ketones (excluding diaryl/α,β-unsaturated/α-hetero) is 2. The van der Waals surface area contributed by atoms with Crippen molar-refractivity contribution in [2.75, 3.05) is 99.5 Å². The number of hydrogen-bond acceptors (Lipinski definition) is 21. The van der Waals surface area contributed by atoms with Crippen LogP contribution in [0.2, 0.25) is 0 Å². The Labute approximate surface area is 527 Å². The molecule has 0 aromatic carbocycles. The maximum atomic E-state index is 14.8. The minimum atomic E-state index is -2.46. The lowest BCUT2D eigenvalue weighted by Crippen LogP contribution is -2.61. The number of ketones is 2. The van der Waals surface area contributed by atoms with Crippen molar-refractivity contribution in [3.8, 4) is 0 Å². The van der Waals surface area contributed by atoms with E-state index in [1.807, 2.05) is 64.2 Å². The number of methoxy groups -OCH3 is 5. The number of alkyl carbamates (subject to hydrolysis) is 1. The number of anilines is 1. The molecule has 1 aromatic rings. The molecule has 23 heteroatoms. The lowest BCUT2D eigenvalue weighted by Gasteiger charge is -2.43. The van der Waals surface area contributed by atoms with Crippen molar-refractivity contribution in [3.63, 3.8) is 0 Å². The molecule has 1 aliphatic carbocycles. The largest absolute Gasteiger partial charge is 0.459 e. The van der Waals surface area contributed by atoms with E-state index in [2.05, 4.69) is 25.1 Å². The van der Waals surface area contributed by atoms with Gasteiger partial charge in [0, 0.05) is 136 Å². The molecule has 1 saturated carbocycles. The molecule has 4 aliphatic heterocycles. The number of aliphatic hydroxyl groups excluding tert-OH is 1. The van der Waals surface area contributed by atoms with Crippen LogP contribution in [0.4, 0.5) is 10.7 Å². The van der Waals surface area contributed by atoms with Crippen molar-refractivity contribution in [3.05, 3.63) is 65.6 Å². The molecule has 16 atom stereocenters. The number of aromatic nitrogens is 2. The number of allylic oxidation sites excluding steroid dienone is 5. The van der Waals surface area contributed by atoms with Crippen molar-refractivity contribution >= 4 is 35.5 Å². The zero-order valence-corrected chi connectivity index (χ0v) is 54.8. The normalized spacial score (nSPS) is 34.7. The number of aliphatic hydroxyl groups is 2. The molecule has 6 rings (SSSR count). The first kappa shape index (κ1) is 73.0. The quantitative estimate of drug-likeness (QED) is 0.0618. The fraction of sp³-hybridized carbons (Fsp3) is 0.742. The average Bonchev–Trinajstić information content (AvgIpc) is 0.952. The molecule has 500 valence electrons. The number of nitrogens with zero attached hydrogens (tertiary/aromatic N) is 5. The Morgan fingerprint density at radius 1 is 0.798 bits per heavy atom. The number of amides is 2. The molecule has 2 bridgehead atoms. The van der Waals surface area contributed by atoms with Crippen LogP contribution in [0, 0.1) is 29.6 Å². The van der Waals surface area contributed by atoms with Gasteiger partial charge in [0.2, 0.25) is 11.7 Å². The van der Waals surface area contributed by atoms with Crippen LogP contribution in [0.3, 0.4) is 0 Å². The van der Waals surface area contributed by atoms with Crippen LogP contribution in [-0.4, -0.2) is 221 Å². The second-order valence-electron chi connectivity index (χ2n) is 25.2. The molecular formula is C66H105N7O16. The summed E-state index contributed by atoms with van der Waals surface area (Å²) in [6, 6.07) is -1.97. The Bertz CT molecular complexity index is 2530. The smallest absolute Gasteiger partial charge is 0.407 e. The number of carbonyl (C=O) groups excluding carboxylic acids is 5. The minimum Gasteiger partial charge on any atom is -0.459 e. The van der Waals surface area contributed by atoms with Gasteiger partial charge in [-0.15, -0.1) is 0 Å². The number of carbonyl (C=O) groups is 5. The van der Waals surface area contributed by atoms with Gasteiger partial charge in [-0.25, -0.2) is 19.6 Å². The topological polar surface area (TPSA) is 282 Å². The predicted molar refractivity (Wildman–Crippen MR) is 334 cm³/mol. The van der Waals surface area contributed by atoms with Crippen LogP contribution in [0.25, 0.3) is 0 Å². The van der Waals surface area contributed by atoms with Crippen LogP contribution < -0.4 is 16.0 Å². The Balaban J connectivity index is 1.16. The van der Waals surface area contributed by atoms with E-state index < -0.39 is 108 Å². The second-order valence-corrected chi connectivity index (χ2v) is 25.2. The first-order chi connectivity index (χ1) is 42.6. The van der Waals surface area contributed by atoms with E-state index in [0.717, 1.165) is 38.3 Å². The number of ether oxygens (including phenoxy) is 9. The fourth-order valence-electron chi connectivity index (χ4n) is 13.0. The predicted octanol–water partition coefficient (Wildman–Crippen LogP) is 5.83. The number of fused-ring (bicyclic) bond motifs is 3. The summed E-state index contributed by atoms with van der Waals surface area (Å²) >= 11 is 0. The van der Waals surface area contributed by atoms with Gasteiger partial charge < -0.3 is 73.7 Å². The molecule has 3 saturated heterocycles. The van der Waals surface area contributed by atoms with Crippen molar-refractivity contribution in [1.29, 1.82) is 0 Å². The molecule has 2 amide bonds. The highest BCUT2D eigenvalue weighted by atomic mass is 16.6. The van der Waals surface area contributed by atoms with Gasteiger partial charge in [-0.3, -0.25) is 19.3 Å². The lowest BCUT2D eigenvalue weighted by atomic mass is 9.80. The fourth-order valence-corrected chi connectivity index (χ4v) is 13.0. The maximum Gasteiger partial charge on any atom is 0.407 e. The average molecular weight is 1250 g/mol. The maximum absolute atomic E-state index is 14.8. The highest BCUT2D eigenvalue weighted by molar-refractivity contribution is 6.39. The summed E-state index contributed by atoms with van der Waals surface area (Å²) < 4.78 is 53.0. The number of rotatable bonds is 17. The summed E-state index contributed by atoms with van der Waals surface area (Å²) in [6.45, 7) is 17.3. The van der Waals surface area contributed by atoms with Crippen LogP contribution in [0.1, 0.15) is 124 Å². The zero-order valence-electron chi connectivity index (χ0n) is 54.8. The van der Waals surface area contributed by atoms with Crippen molar-refractivity contribution in [2.45, 2.75) is 192 Å². The molecule has 5 aliphatic rings. The van der Waals surface area contributed by atoms with E-state index in [1.54, 1.807) is 47.6 Å². The third kappa shape index (κ3) is 21.0. The molecule has 89 heavy (non-hydrogen) atoms. The van der Waals surface area contributed by atoms with E-state index in [-0.39, 0.29) is 43.6 Å². The van der Waals surface area contributed by atoms with E-state index in [4.69, 9.17) is 48.4 Å². The Morgan fingerprint density at radius 3 is 2.21 bits per heavy atom. The Kier molecular flexibility index (Phi) is 29.7. The minimum absolute atomic E-state index is 0.0110. The molecule has 5 N–H and O–H groups in total. The summed E-state index contributed by atoms with van der Waals surface area (Å²) in [6.07, 6.45) is 13.0. The number of nitrogens with one attached hydrogen (secondary N) is 1. The third-order valence-electron chi connectivity index (χ3n) is 18.7. The van der Waals surface area contributed by atoms with Gasteiger partial charge in [-0.1, -0.05) is 64.2 Å². The zero-order chi connectivity index (χ0) is 64.8. The van der Waals surface area contributed by atoms with Gasteiger partial charge in [0.25, 0.3) is 11.7 Å². The highest BCUT2D eigenvalue weighted by Gasteiger charge is 2.53. The Hall–Kier alpha value is -5.05. The number of hydrogen-bond donors (Lipinski definition) is 4. The second kappa shape index (κ2) is 36.3. The van der Waals surface area contributed by atoms with Crippen LogP contribution in [0.15, 0.2) is 60.0 Å². The van der Waals surface area contributed by atoms with Crippen LogP contribution >= 0.6 is 0 Å². The monoisotopic (exact) mass is 1250 g/mol. The molecule has 0 unspecified atom stereocenters. The standard InChI is InChI=1S/C66H105N7O16/c1-42-17-13-12-14-18-43(2)54(82-8)37-50-22-20-47(6)66(80,89-50)61(76)62(77)73-24-16-15-19-52(73)63(78)87-56(38-55(83-9)44(3)34-46(5)59(75)60(85-11)58(74)45(4)33-42)51(67)35-48-21-23-53(57(36-48)84-10)88-65(79)70-41-49-39-68-64(69-40-49)72-27-25-71(26-28-72)29-30-86-32-31-81-7/h12-14,17-18,34,39-40,42,44-45,47-48,50-57,59-60,75,80H,15-16,19-33,35-38,41,67H2,1-11H3,(H,70,79)/b14-12+,17-13+,43-18+,46-34+/t42-,44-,45-,47-,48+,50+,51-,52+,53-,54+,55-,56+,57-,59-,60+,66-/m1/s1. The number of esters is 1. The van der Waals surface area contributed by atoms with Gasteiger partial charge in [0.05, 0.1) is 44.2 Å². The highest BCUT2D eigenvalue weighted by Crippen LogP contribution is 2.38. The van der Waals surface area contributed by atoms with Crippen molar-refractivity contribution in [1.82, 2.24) is 25.1 Å². The number of cyclic esters (lactones) is 1. The van der Waals surface area contributed by atoms with Gasteiger partial charge in [-0.2, -0.15) is 0 Å². The molecule has 0 spiro atoms. The lowest BCUT2D eigenvalue weighted by molar-refractivity contribution is -0.265. The van der Waals surface area contributed by atoms with Gasteiger partial charge >= 0.3 is 12.1 Å². The number of nitrogens with two attached hydrogens (primary N) is 1. The number of piperazine rings is 1. The molecular weight excluding hydrogens is 1150 g/mol. The van der Waals surface area contributed by atoms with Crippen molar-refractivity contribution in [2.24, 2.45) is 35.3 Å². The number of piperidine rings is 1. The molecule has 5 heterocycles. The van der Waals surface area contributed by atoms with Crippen molar-refractivity contribution < 1.29 is 76.8 Å². The Morgan fingerprint density at radius 2 is 1.53 bits per heavy atom. The first-order valence-electron chi connectivity index (χ1n) is 32.2. The van der Waals surface area contributed by atoms with E-state index in [1.165, 1.54) is 19.1 Å². The molecule has 1 aromatic heterocycles. The van der Waals surface area contributed by atoms with Gasteiger partial charge in [0.1, 0.15) is 30.5 Å². The summed E-state index contributed by atoms with van der Waals surface area (Å²) in [5.74, 6) is -6.67. The summed E-state index contributed by atoms with van der Waals surface area (Å²) in [5, 5.41) is 26.7. The van der Waals surface area contributed by atoms with Crippen LogP contribution in [0.5, 0.6) is 0 Å². The van der Waals surface area contributed by atoms with Gasteiger partial charge in [-0.05, 0) is 101 Å².